The summed E-state index contributed by atoms with van der Waals surface area (Å²) in [5, 5.41) is 9.37. The van der Waals surface area contributed by atoms with Crippen molar-refractivity contribution in [1.29, 1.82) is 0 Å². The Morgan fingerprint density at radius 1 is 1.47 bits per heavy atom. The third kappa shape index (κ3) is 9.30. The van der Waals surface area contributed by atoms with Gasteiger partial charge in [-0.05, 0) is 12.8 Å². The smallest absolute Gasteiger partial charge is 0.305 e. The van der Waals surface area contributed by atoms with Crippen molar-refractivity contribution in [1.82, 2.24) is 0 Å². The van der Waals surface area contributed by atoms with Gasteiger partial charge in [0, 0.05) is 12.8 Å². The molecule has 0 fully saturated rings. The average molecular weight is 212 g/mol. The van der Waals surface area contributed by atoms with E-state index < -0.39 is 6.10 Å². The predicted octanol–water partition coefficient (Wildman–Crippen LogP) is 1.88. The molecule has 0 bridgehead atoms. The highest BCUT2D eigenvalue weighted by molar-refractivity contribution is 5.69. The van der Waals surface area contributed by atoms with E-state index in [0.717, 1.165) is 12.8 Å². The van der Waals surface area contributed by atoms with Gasteiger partial charge in [-0.1, -0.05) is 25.7 Å². The molecule has 0 aliphatic heterocycles. The summed E-state index contributed by atoms with van der Waals surface area (Å²) < 4.78 is 4.46. The Labute approximate surface area is 91.8 Å². The summed E-state index contributed by atoms with van der Waals surface area (Å²) in [5.74, 6) is 5.32. The quantitative estimate of drug-likeness (QED) is 0.415. The number of hydrogen-bond acceptors (Lipinski definition) is 3. The second kappa shape index (κ2) is 9.54. The molecule has 1 atom stereocenters. The molecule has 0 unspecified atom stereocenters. The lowest BCUT2D eigenvalue weighted by molar-refractivity contribution is -0.141. The van der Waals surface area contributed by atoms with E-state index in [-0.39, 0.29) is 12.4 Å². The number of methoxy groups -OCH3 is 1. The molecule has 0 aromatic rings. The van der Waals surface area contributed by atoms with E-state index in [0.29, 0.717) is 6.42 Å². The number of carbonyl (C=O) groups is 1. The van der Waals surface area contributed by atoms with Crippen molar-refractivity contribution in [2.75, 3.05) is 7.11 Å². The van der Waals surface area contributed by atoms with Crippen LogP contribution in [0.15, 0.2) is 0 Å². The van der Waals surface area contributed by atoms with E-state index in [1.165, 1.54) is 20.0 Å². The van der Waals surface area contributed by atoms with E-state index in [2.05, 4.69) is 23.5 Å². The lowest BCUT2D eigenvalue weighted by Crippen LogP contribution is -2.08. The average Bonchev–Trinajstić information content (AvgIpc) is 2.25. The maximum absolute atomic E-state index is 10.7. The molecule has 0 heterocycles. The standard InChI is InChI=1S/C12H20O3/c1-3-4-5-6-7-8-11(13)9-10-12(14)15-2/h11,13H,3-6,9-10H2,1-2H3/t11-/m1/s1. The van der Waals surface area contributed by atoms with Gasteiger partial charge in [-0.15, -0.1) is 5.92 Å². The van der Waals surface area contributed by atoms with Crippen LogP contribution >= 0.6 is 0 Å². The molecule has 0 aliphatic carbocycles. The van der Waals surface area contributed by atoms with Gasteiger partial charge in [0.25, 0.3) is 0 Å². The topological polar surface area (TPSA) is 46.5 Å². The van der Waals surface area contributed by atoms with Crippen molar-refractivity contribution in [2.45, 2.75) is 51.6 Å². The monoisotopic (exact) mass is 212 g/mol. The molecule has 15 heavy (non-hydrogen) atoms. The second-order valence-corrected chi connectivity index (χ2v) is 3.41. The highest BCUT2D eigenvalue weighted by Crippen LogP contribution is 1.99. The van der Waals surface area contributed by atoms with Crippen molar-refractivity contribution < 1.29 is 14.6 Å². The molecule has 3 heteroatoms. The Kier molecular flexibility index (Phi) is 8.90. The first-order valence-corrected chi connectivity index (χ1v) is 5.44. The zero-order chi connectivity index (χ0) is 11.5. The van der Waals surface area contributed by atoms with Crippen LogP contribution < -0.4 is 0 Å². The summed E-state index contributed by atoms with van der Waals surface area (Å²) in [4.78, 5) is 10.7. The molecule has 0 rings (SSSR count). The van der Waals surface area contributed by atoms with E-state index in [4.69, 9.17) is 0 Å². The van der Waals surface area contributed by atoms with Crippen molar-refractivity contribution in [3.63, 3.8) is 0 Å². The number of carbonyl (C=O) groups excluding carboxylic acids is 1. The van der Waals surface area contributed by atoms with Gasteiger partial charge in [-0.2, -0.15) is 0 Å². The molecule has 0 aromatic carbocycles. The van der Waals surface area contributed by atoms with E-state index in [9.17, 15) is 9.90 Å². The molecule has 1 N–H and O–H groups in total. The number of esters is 1. The van der Waals surface area contributed by atoms with Crippen molar-refractivity contribution >= 4 is 5.97 Å². The van der Waals surface area contributed by atoms with Crippen LogP contribution in [0.5, 0.6) is 0 Å². The third-order valence-electron chi connectivity index (χ3n) is 2.02. The van der Waals surface area contributed by atoms with Crippen LogP contribution in [-0.2, 0) is 9.53 Å². The molecule has 0 spiro atoms. The molecular formula is C12H20O3. The van der Waals surface area contributed by atoms with Crippen LogP contribution in [-0.4, -0.2) is 24.3 Å². The Balaban J connectivity index is 3.54. The molecule has 0 aliphatic rings. The number of unbranched alkanes of at least 4 members (excludes halogenated alkanes) is 3. The number of aliphatic hydroxyl groups excluding tert-OH is 1. The fourth-order valence-electron chi connectivity index (χ4n) is 1.08. The number of ether oxygens (including phenoxy) is 1. The first-order valence-electron chi connectivity index (χ1n) is 5.44. The van der Waals surface area contributed by atoms with Gasteiger partial charge in [-0.3, -0.25) is 4.79 Å². The predicted molar refractivity (Wildman–Crippen MR) is 59.2 cm³/mol. The number of hydrogen-bond donors (Lipinski definition) is 1. The van der Waals surface area contributed by atoms with Gasteiger partial charge in [0.2, 0.25) is 0 Å². The summed E-state index contributed by atoms with van der Waals surface area (Å²) in [6.45, 7) is 2.14. The maximum Gasteiger partial charge on any atom is 0.305 e. The molecule has 3 nitrogen and oxygen atoms in total. The minimum Gasteiger partial charge on any atom is -0.469 e. The zero-order valence-corrected chi connectivity index (χ0v) is 9.58. The van der Waals surface area contributed by atoms with E-state index >= 15 is 0 Å². The van der Waals surface area contributed by atoms with Gasteiger partial charge in [-0.25, -0.2) is 0 Å². The molecule has 0 saturated heterocycles. The first kappa shape index (κ1) is 14.0. The largest absolute Gasteiger partial charge is 0.469 e. The zero-order valence-electron chi connectivity index (χ0n) is 9.58. The SMILES string of the molecule is CCCCCC#C[C@@H](O)CCC(=O)OC. The highest BCUT2D eigenvalue weighted by Gasteiger charge is 2.04. The van der Waals surface area contributed by atoms with Gasteiger partial charge < -0.3 is 9.84 Å². The summed E-state index contributed by atoms with van der Waals surface area (Å²) in [6.07, 6.45) is 4.12. The van der Waals surface area contributed by atoms with Gasteiger partial charge in [0.15, 0.2) is 0 Å². The molecule has 86 valence electrons. The maximum atomic E-state index is 10.7. The van der Waals surface area contributed by atoms with Crippen LogP contribution in [0.4, 0.5) is 0 Å². The molecular weight excluding hydrogens is 192 g/mol. The molecule has 0 saturated carbocycles. The minimum atomic E-state index is -0.703. The number of rotatable bonds is 6. The van der Waals surface area contributed by atoms with E-state index in [1.807, 2.05) is 0 Å². The fourth-order valence-corrected chi connectivity index (χ4v) is 1.08. The second-order valence-electron chi connectivity index (χ2n) is 3.41. The lowest BCUT2D eigenvalue weighted by atomic mass is 10.1. The van der Waals surface area contributed by atoms with Gasteiger partial charge in [0.1, 0.15) is 6.10 Å². The fraction of sp³-hybridized carbons (Fsp3) is 0.750. The molecule has 0 aromatic heterocycles. The third-order valence-corrected chi connectivity index (χ3v) is 2.02. The van der Waals surface area contributed by atoms with Crippen LogP contribution in [0.1, 0.15) is 45.4 Å². The van der Waals surface area contributed by atoms with Crippen molar-refractivity contribution in [3.05, 3.63) is 0 Å². The van der Waals surface area contributed by atoms with E-state index in [1.54, 1.807) is 0 Å². The van der Waals surface area contributed by atoms with Crippen LogP contribution in [0.3, 0.4) is 0 Å². The summed E-state index contributed by atoms with van der Waals surface area (Å²) >= 11 is 0. The summed E-state index contributed by atoms with van der Waals surface area (Å²) in [7, 11) is 1.34. The minimum absolute atomic E-state index is 0.224. The Morgan fingerprint density at radius 3 is 2.80 bits per heavy atom. The normalized spacial score (nSPS) is 11.4. The number of aliphatic hydroxyl groups is 1. The highest BCUT2D eigenvalue weighted by atomic mass is 16.5. The lowest BCUT2D eigenvalue weighted by Gasteiger charge is -2.01. The van der Waals surface area contributed by atoms with Crippen LogP contribution in [0.2, 0.25) is 0 Å². The summed E-state index contributed by atoms with van der Waals surface area (Å²) in [5.41, 5.74) is 0. The molecule has 0 radical (unpaired) electrons. The molecule has 0 amide bonds. The van der Waals surface area contributed by atoms with Gasteiger partial charge in [0.05, 0.1) is 7.11 Å². The van der Waals surface area contributed by atoms with Crippen LogP contribution in [0, 0.1) is 11.8 Å². The Morgan fingerprint density at radius 2 is 2.20 bits per heavy atom. The van der Waals surface area contributed by atoms with Crippen molar-refractivity contribution in [2.24, 2.45) is 0 Å². The Bertz CT molecular complexity index is 225. The van der Waals surface area contributed by atoms with Crippen molar-refractivity contribution in [3.8, 4) is 11.8 Å². The van der Waals surface area contributed by atoms with Crippen LogP contribution in [0.25, 0.3) is 0 Å². The summed E-state index contributed by atoms with van der Waals surface area (Å²) in [6, 6.07) is 0. The first-order chi connectivity index (χ1) is 7.20. The Hall–Kier alpha value is -1.01. The van der Waals surface area contributed by atoms with Gasteiger partial charge >= 0.3 is 5.97 Å².